The number of hydrogen-bond donors (Lipinski definition) is 1. The van der Waals surface area contributed by atoms with E-state index in [2.05, 4.69) is 11.6 Å². The highest BCUT2D eigenvalue weighted by Gasteiger charge is 2.11. The number of hydrogen-bond acceptors (Lipinski definition) is 4. The van der Waals surface area contributed by atoms with Gasteiger partial charge in [-0.1, -0.05) is 6.58 Å². The molecule has 0 fully saturated rings. The molecule has 6 nitrogen and oxygen atoms in total. The van der Waals surface area contributed by atoms with Gasteiger partial charge < -0.3 is 5.73 Å². The Kier molecular flexibility index (Phi) is 2.57. The summed E-state index contributed by atoms with van der Waals surface area (Å²) in [5.41, 5.74) is 4.86. The Morgan fingerprint density at radius 1 is 1.64 bits per heavy atom. The van der Waals surface area contributed by atoms with E-state index in [1.54, 1.807) is 0 Å². The molecule has 1 aromatic rings. The Morgan fingerprint density at radius 2 is 2.29 bits per heavy atom. The highest BCUT2D eigenvalue weighted by atomic mass is 16.6. The second kappa shape index (κ2) is 3.65. The first kappa shape index (κ1) is 9.85. The first-order valence-electron chi connectivity index (χ1n) is 3.62. The number of primary amides is 1. The van der Waals surface area contributed by atoms with Crippen LogP contribution in [0.15, 0.2) is 24.9 Å². The molecule has 0 bridgehead atoms. The summed E-state index contributed by atoms with van der Waals surface area (Å²) in [6, 6.07) is 2.37. The van der Waals surface area contributed by atoms with Gasteiger partial charge in [0.05, 0.1) is 16.2 Å². The third-order valence-electron chi connectivity index (χ3n) is 1.56. The van der Waals surface area contributed by atoms with Crippen LogP contribution in [-0.2, 0) is 4.79 Å². The van der Waals surface area contributed by atoms with Crippen molar-refractivity contribution in [2.45, 2.75) is 0 Å². The summed E-state index contributed by atoms with van der Waals surface area (Å²) in [4.78, 5) is 24.2. The van der Waals surface area contributed by atoms with Crippen LogP contribution >= 0.6 is 0 Å². The number of nitrogens with zero attached hydrogens (tertiary/aromatic N) is 2. The number of amides is 1. The number of nitrogens with two attached hydrogens (primary N) is 1. The predicted octanol–water partition coefficient (Wildman–Crippen LogP) is 0.488. The van der Waals surface area contributed by atoms with E-state index >= 15 is 0 Å². The molecule has 0 saturated heterocycles. The molecule has 0 aliphatic heterocycles. The van der Waals surface area contributed by atoms with E-state index in [9.17, 15) is 14.9 Å². The van der Waals surface area contributed by atoms with Crippen molar-refractivity contribution in [3.63, 3.8) is 0 Å². The van der Waals surface area contributed by atoms with Crippen molar-refractivity contribution in [1.82, 2.24) is 4.98 Å². The van der Waals surface area contributed by atoms with Crippen LogP contribution < -0.4 is 5.73 Å². The minimum Gasteiger partial charge on any atom is -0.366 e. The molecule has 0 saturated carbocycles. The van der Waals surface area contributed by atoms with Gasteiger partial charge in [-0.3, -0.25) is 19.9 Å². The fourth-order valence-corrected chi connectivity index (χ4v) is 0.824. The van der Waals surface area contributed by atoms with Gasteiger partial charge in [-0.2, -0.15) is 0 Å². The van der Waals surface area contributed by atoms with E-state index in [4.69, 9.17) is 5.73 Å². The molecule has 0 unspecified atom stereocenters. The van der Waals surface area contributed by atoms with E-state index in [-0.39, 0.29) is 17.0 Å². The van der Waals surface area contributed by atoms with Crippen molar-refractivity contribution in [2.24, 2.45) is 5.73 Å². The lowest BCUT2D eigenvalue weighted by molar-refractivity contribution is -0.385. The molecular weight excluding hydrogens is 186 g/mol. The van der Waals surface area contributed by atoms with Gasteiger partial charge in [0, 0.05) is 18.3 Å². The number of pyridine rings is 1. The Morgan fingerprint density at radius 3 is 2.79 bits per heavy atom. The Bertz CT molecular complexity index is 414. The first-order chi connectivity index (χ1) is 6.52. The zero-order chi connectivity index (χ0) is 10.7. The number of carbonyl (C=O) groups is 1. The molecule has 0 aromatic carbocycles. The summed E-state index contributed by atoms with van der Waals surface area (Å²) < 4.78 is 0. The van der Waals surface area contributed by atoms with Crippen LogP contribution in [0, 0.1) is 10.1 Å². The molecule has 1 heterocycles. The minimum absolute atomic E-state index is 0.0475. The van der Waals surface area contributed by atoms with Crippen molar-refractivity contribution in [2.75, 3.05) is 0 Å². The van der Waals surface area contributed by atoms with Crippen molar-refractivity contribution in [1.29, 1.82) is 0 Å². The Labute approximate surface area is 79.2 Å². The van der Waals surface area contributed by atoms with Gasteiger partial charge in [0.1, 0.15) is 0 Å². The fourth-order valence-electron chi connectivity index (χ4n) is 0.824. The van der Waals surface area contributed by atoms with Gasteiger partial charge in [-0.25, -0.2) is 0 Å². The monoisotopic (exact) mass is 193 g/mol. The SMILES string of the molecule is C=C(C(N)=O)c1cc([N+](=O)[O-])ccn1. The van der Waals surface area contributed by atoms with Crippen LogP contribution in [0.1, 0.15) is 5.69 Å². The Balaban J connectivity index is 3.12. The van der Waals surface area contributed by atoms with Crippen LogP contribution in [0.4, 0.5) is 5.69 Å². The third kappa shape index (κ3) is 1.92. The Hall–Kier alpha value is -2.24. The molecule has 14 heavy (non-hydrogen) atoms. The summed E-state index contributed by atoms with van der Waals surface area (Å²) in [7, 11) is 0. The molecule has 0 spiro atoms. The molecule has 2 N–H and O–H groups in total. The predicted molar refractivity (Wildman–Crippen MR) is 49.1 cm³/mol. The zero-order valence-electron chi connectivity index (χ0n) is 7.14. The number of nitro groups is 1. The molecule has 1 amide bonds. The fraction of sp³-hybridized carbons (Fsp3) is 0. The van der Waals surface area contributed by atoms with E-state index in [1.165, 1.54) is 12.3 Å². The lowest BCUT2D eigenvalue weighted by atomic mass is 10.2. The molecule has 1 rings (SSSR count). The first-order valence-corrected chi connectivity index (χ1v) is 3.62. The van der Waals surface area contributed by atoms with E-state index in [0.29, 0.717) is 0 Å². The van der Waals surface area contributed by atoms with Crippen LogP contribution in [0.2, 0.25) is 0 Å². The third-order valence-corrected chi connectivity index (χ3v) is 1.56. The quantitative estimate of drug-likeness (QED) is 0.429. The molecule has 6 heteroatoms. The number of rotatable bonds is 3. The average Bonchev–Trinajstić information content (AvgIpc) is 2.16. The van der Waals surface area contributed by atoms with Crippen LogP contribution in [0.3, 0.4) is 0 Å². The second-order valence-electron chi connectivity index (χ2n) is 2.50. The van der Waals surface area contributed by atoms with Crippen LogP contribution in [0.25, 0.3) is 5.57 Å². The van der Waals surface area contributed by atoms with Crippen molar-refractivity contribution >= 4 is 17.2 Å². The van der Waals surface area contributed by atoms with E-state index in [0.717, 1.165) is 6.07 Å². The average molecular weight is 193 g/mol. The molecule has 0 aliphatic rings. The van der Waals surface area contributed by atoms with Gasteiger partial charge in [0.2, 0.25) is 5.91 Å². The van der Waals surface area contributed by atoms with Gasteiger partial charge in [0.25, 0.3) is 5.69 Å². The maximum Gasteiger partial charge on any atom is 0.273 e. The highest BCUT2D eigenvalue weighted by Crippen LogP contribution is 2.15. The summed E-state index contributed by atoms with van der Waals surface area (Å²) >= 11 is 0. The minimum atomic E-state index is -0.752. The van der Waals surface area contributed by atoms with E-state index in [1.807, 2.05) is 0 Å². The molecule has 0 radical (unpaired) electrons. The highest BCUT2D eigenvalue weighted by molar-refractivity contribution is 6.17. The summed E-state index contributed by atoms with van der Waals surface area (Å²) in [6.07, 6.45) is 1.22. The largest absolute Gasteiger partial charge is 0.366 e. The second-order valence-corrected chi connectivity index (χ2v) is 2.50. The van der Waals surface area contributed by atoms with Gasteiger partial charge in [0.15, 0.2) is 0 Å². The number of aromatic nitrogens is 1. The van der Waals surface area contributed by atoms with Gasteiger partial charge >= 0.3 is 0 Å². The number of carbonyl (C=O) groups excluding carboxylic acids is 1. The summed E-state index contributed by atoms with van der Waals surface area (Å²) in [6.45, 7) is 3.37. The van der Waals surface area contributed by atoms with Crippen LogP contribution in [0.5, 0.6) is 0 Å². The molecule has 1 aromatic heterocycles. The molecule has 0 aliphatic carbocycles. The molecular formula is C8H7N3O3. The van der Waals surface area contributed by atoms with Gasteiger partial charge in [-0.15, -0.1) is 0 Å². The lowest BCUT2D eigenvalue weighted by Crippen LogP contribution is -2.12. The molecule has 72 valence electrons. The smallest absolute Gasteiger partial charge is 0.273 e. The maximum absolute atomic E-state index is 10.7. The summed E-state index contributed by atoms with van der Waals surface area (Å²) in [5.74, 6) is -0.752. The van der Waals surface area contributed by atoms with Crippen molar-refractivity contribution in [3.05, 3.63) is 40.7 Å². The maximum atomic E-state index is 10.7. The molecule has 0 atom stereocenters. The van der Waals surface area contributed by atoms with Crippen molar-refractivity contribution in [3.8, 4) is 0 Å². The lowest BCUT2D eigenvalue weighted by Gasteiger charge is -1.99. The normalized spacial score (nSPS) is 9.43. The summed E-state index contributed by atoms with van der Waals surface area (Å²) in [5, 5.41) is 10.4. The van der Waals surface area contributed by atoms with Crippen molar-refractivity contribution < 1.29 is 9.72 Å². The standard InChI is InChI=1S/C8H7N3O3/c1-5(8(9)12)7-4-6(11(13)14)2-3-10-7/h2-4H,1H2,(H2,9,12). The van der Waals surface area contributed by atoms with Crippen LogP contribution in [-0.4, -0.2) is 15.8 Å². The van der Waals surface area contributed by atoms with E-state index < -0.39 is 10.8 Å². The topological polar surface area (TPSA) is 99.1 Å². The van der Waals surface area contributed by atoms with Gasteiger partial charge in [-0.05, 0) is 0 Å². The zero-order valence-corrected chi connectivity index (χ0v) is 7.14.